The Morgan fingerprint density at radius 2 is 1.96 bits per heavy atom. The van der Waals surface area contributed by atoms with E-state index in [0.717, 1.165) is 14.9 Å². The summed E-state index contributed by atoms with van der Waals surface area (Å²) in [6.45, 7) is 1.92. The topological polar surface area (TPSA) is 84.2 Å². The number of carbonyl (C=O) groups is 2. The van der Waals surface area contributed by atoms with E-state index in [1.807, 2.05) is 48.7 Å². The molecular formula is C16H18BrN3O2S. The minimum Gasteiger partial charge on any atom is -0.352 e. The molecule has 2 rings (SSSR count). The highest BCUT2D eigenvalue weighted by Gasteiger charge is 2.20. The summed E-state index contributed by atoms with van der Waals surface area (Å²) in [6, 6.07) is 10.3. The summed E-state index contributed by atoms with van der Waals surface area (Å²) < 4.78 is 0.942. The monoisotopic (exact) mass is 395 g/mol. The minimum absolute atomic E-state index is 0.137. The standard InChI is InChI=1S/C16H18BrN3O2S/c1-10(11-5-2-3-6-12(11)17)19-15(21)9-13(20-16(18)22)14-7-4-8-23-14/h2-8,10,13H,9H2,1H3,(H,19,21)(H3,18,20,22)/t10-,13+/m0/s1. The number of halogens is 1. The number of nitrogens with two attached hydrogens (primary N) is 1. The summed E-state index contributed by atoms with van der Waals surface area (Å²) in [5.74, 6) is -0.152. The maximum Gasteiger partial charge on any atom is 0.312 e. The van der Waals surface area contributed by atoms with Crippen molar-refractivity contribution in [2.45, 2.75) is 25.4 Å². The highest BCUT2D eigenvalue weighted by atomic mass is 79.9. The predicted molar refractivity (Wildman–Crippen MR) is 95.1 cm³/mol. The maximum atomic E-state index is 12.3. The lowest BCUT2D eigenvalue weighted by atomic mass is 10.1. The van der Waals surface area contributed by atoms with Gasteiger partial charge in [0.1, 0.15) is 0 Å². The van der Waals surface area contributed by atoms with Crippen molar-refractivity contribution in [3.63, 3.8) is 0 Å². The van der Waals surface area contributed by atoms with E-state index < -0.39 is 12.1 Å². The molecule has 122 valence electrons. The fourth-order valence-corrected chi connectivity index (χ4v) is 3.68. The van der Waals surface area contributed by atoms with Crippen LogP contribution in [-0.2, 0) is 4.79 Å². The SMILES string of the molecule is C[C@H](NC(=O)C[C@@H](NC(N)=O)c1cccs1)c1ccccc1Br. The number of hydrogen-bond donors (Lipinski definition) is 3. The predicted octanol–water partition coefficient (Wildman–Crippen LogP) is 3.49. The van der Waals surface area contributed by atoms with Gasteiger partial charge in [0, 0.05) is 9.35 Å². The van der Waals surface area contributed by atoms with Gasteiger partial charge in [0.2, 0.25) is 5.91 Å². The molecule has 5 nitrogen and oxygen atoms in total. The largest absolute Gasteiger partial charge is 0.352 e. The first kappa shape index (κ1) is 17.5. The van der Waals surface area contributed by atoms with E-state index in [1.165, 1.54) is 11.3 Å². The molecule has 0 unspecified atom stereocenters. The molecular weight excluding hydrogens is 378 g/mol. The molecule has 3 amide bonds. The second-order valence-electron chi connectivity index (χ2n) is 5.09. The Bertz CT molecular complexity index is 676. The molecule has 0 bridgehead atoms. The summed E-state index contributed by atoms with van der Waals surface area (Å²) >= 11 is 4.95. The average Bonchev–Trinajstić information content (AvgIpc) is 3.00. The van der Waals surface area contributed by atoms with Gasteiger partial charge in [0.15, 0.2) is 0 Å². The van der Waals surface area contributed by atoms with Gasteiger partial charge in [-0.1, -0.05) is 40.2 Å². The normalized spacial score (nSPS) is 13.1. The quantitative estimate of drug-likeness (QED) is 0.699. The van der Waals surface area contributed by atoms with Crippen molar-refractivity contribution in [2.24, 2.45) is 5.73 Å². The van der Waals surface area contributed by atoms with Crippen LogP contribution >= 0.6 is 27.3 Å². The Kier molecular flexibility index (Phi) is 6.18. The van der Waals surface area contributed by atoms with Gasteiger partial charge in [-0.05, 0) is 30.0 Å². The Hall–Kier alpha value is -1.86. The van der Waals surface area contributed by atoms with Crippen LogP contribution in [0.2, 0.25) is 0 Å². The molecule has 2 aromatic rings. The van der Waals surface area contributed by atoms with Gasteiger partial charge in [0.25, 0.3) is 0 Å². The number of hydrogen-bond acceptors (Lipinski definition) is 3. The van der Waals surface area contributed by atoms with Crippen molar-refractivity contribution in [3.8, 4) is 0 Å². The number of urea groups is 1. The number of carbonyl (C=O) groups excluding carboxylic acids is 2. The molecule has 0 radical (unpaired) electrons. The van der Waals surface area contributed by atoms with Gasteiger partial charge in [0.05, 0.1) is 18.5 Å². The molecule has 1 aromatic carbocycles. The molecule has 0 saturated heterocycles. The second-order valence-corrected chi connectivity index (χ2v) is 6.93. The molecule has 2 atom stereocenters. The van der Waals surface area contributed by atoms with Gasteiger partial charge < -0.3 is 16.4 Å². The number of thiophene rings is 1. The second kappa shape index (κ2) is 8.12. The minimum atomic E-state index is -0.643. The van der Waals surface area contributed by atoms with Crippen molar-refractivity contribution in [1.82, 2.24) is 10.6 Å². The third kappa shape index (κ3) is 5.07. The lowest BCUT2D eigenvalue weighted by Gasteiger charge is -2.19. The Balaban J connectivity index is 2.02. The molecule has 23 heavy (non-hydrogen) atoms. The number of nitrogens with one attached hydrogen (secondary N) is 2. The molecule has 7 heteroatoms. The van der Waals surface area contributed by atoms with Crippen molar-refractivity contribution in [2.75, 3.05) is 0 Å². The van der Waals surface area contributed by atoms with Crippen LogP contribution in [0.4, 0.5) is 4.79 Å². The smallest absolute Gasteiger partial charge is 0.312 e. The third-order valence-corrected chi connectivity index (χ3v) is 5.05. The summed E-state index contributed by atoms with van der Waals surface area (Å²) in [5, 5.41) is 7.46. The van der Waals surface area contributed by atoms with Crippen LogP contribution in [0.15, 0.2) is 46.3 Å². The highest BCUT2D eigenvalue weighted by molar-refractivity contribution is 9.10. The fourth-order valence-electron chi connectivity index (χ4n) is 2.27. The van der Waals surface area contributed by atoms with Crippen LogP contribution in [-0.4, -0.2) is 11.9 Å². The molecule has 1 aromatic heterocycles. The zero-order valence-corrected chi connectivity index (χ0v) is 15.0. The van der Waals surface area contributed by atoms with E-state index in [-0.39, 0.29) is 18.4 Å². The van der Waals surface area contributed by atoms with E-state index >= 15 is 0 Å². The third-order valence-electron chi connectivity index (χ3n) is 3.34. The van der Waals surface area contributed by atoms with Gasteiger partial charge in [-0.25, -0.2) is 4.79 Å². The van der Waals surface area contributed by atoms with E-state index in [1.54, 1.807) is 0 Å². The van der Waals surface area contributed by atoms with Gasteiger partial charge in [-0.15, -0.1) is 11.3 Å². The summed E-state index contributed by atoms with van der Waals surface area (Å²) in [6.07, 6.45) is 0.137. The summed E-state index contributed by atoms with van der Waals surface area (Å²) in [7, 11) is 0. The van der Waals surface area contributed by atoms with Gasteiger partial charge in [-0.3, -0.25) is 4.79 Å². The van der Waals surface area contributed by atoms with Crippen molar-refractivity contribution in [1.29, 1.82) is 0 Å². The molecule has 0 spiro atoms. The molecule has 0 saturated carbocycles. The molecule has 0 aliphatic rings. The molecule has 0 fully saturated rings. The maximum absolute atomic E-state index is 12.3. The molecule has 0 aliphatic carbocycles. The number of primary amides is 1. The Morgan fingerprint density at radius 1 is 1.22 bits per heavy atom. The van der Waals surface area contributed by atoms with Crippen LogP contribution in [0.5, 0.6) is 0 Å². The first-order valence-corrected chi connectivity index (χ1v) is 8.77. The first-order valence-electron chi connectivity index (χ1n) is 7.10. The van der Waals surface area contributed by atoms with Gasteiger partial charge in [-0.2, -0.15) is 0 Å². The van der Waals surface area contributed by atoms with E-state index in [4.69, 9.17) is 5.73 Å². The number of amides is 3. The zero-order chi connectivity index (χ0) is 16.8. The van der Waals surface area contributed by atoms with Gasteiger partial charge >= 0.3 is 6.03 Å². The van der Waals surface area contributed by atoms with Crippen LogP contribution in [0.25, 0.3) is 0 Å². The highest BCUT2D eigenvalue weighted by Crippen LogP contribution is 2.25. The lowest BCUT2D eigenvalue weighted by molar-refractivity contribution is -0.122. The van der Waals surface area contributed by atoms with Crippen molar-refractivity contribution < 1.29 is 9.59 Å². The molecule has 1 heterocycles. The average molecular weight is 396 g/mol. The van der Waals surface area contributed by atoms with E-state index in [9.17, 15) is 9.59 Å². The van der Waals surface area contributed by atoms with Crippen molar-refractivity contribution >= 4 is 39.2 Å². The van der Waals surface area contributed by atoms with Crippen LogP contribution in [0.3, 0.4) is 0 Å². The Morgan fingerprint density at radius 3 is 2.57 bits per heavy atom. The lowest BCUT2D eigenvalue weighted by Crippen LogP contribution is -2.36. The zero-order valence-electron chi connectivity index (χ0n) is 12.6. The summed E-state index contributed by atoms with van der Waals surface area (Å²) in [5.41, 5.74) is 6.20. The fraction of sp³-hybridized carbons (Fsp3) is 0.250. The van der Waals surface area contributed by atoms with Crippen molar-refractivity contribution in [3.05, 3.63) is 56.7 Å². The molecule has 4 N–H and O–H groups in total. The number of benzene rings is 1. The van der Waals surface area contributed by atoms with Crippen LogP contribution in [0, 0.1) is 0 Å². The van der Waals surface area contributed by atoms with Crippen LogP contribution in [0.1, 0.15) is 35.9 Å². The van der Waals surface area contributed by atoms with E-state index in [0.29, 0.717) is 0 Å². The van der Waals surface area contributed by atoms with E-state index in [2.05, 4.69) is 26.6 Å². The van der Waals surface area contributed by atoms with Crippen LogP contribution < -0.4 is 16.4 Å². The number of rotatable bonds is 6. The Labute approximate surface area is 147 Å². The first-order chi connectivity index (χ1) is 11.0. The molecule has 0 aliphatic heterocycles. The summed E-state index contributed by atoms with van der Waals surface area (Å²) in [4.78, 5) is 24.4.